The Morgan fingerprint density at radius 2 is 0.431 bits per heavy atom. The first kappa shape index (κ1) is 72.5. The number of fused-ring (bicyclic) bond motifs is 12. The molecule has 9 aromatic heterocycles. The van der Waals surface area contributed by atoms with Gasteiger partial charge in [0.2, 0.25) is 0 Å². The second-order valence-corrected chi connectivity index (χ2v) is 30.3. The molecular formula is C109H70N14. The number of nitrogens with zero attached hydrogens (tertiary/aromatic N) is 14. The fourth-order valence-electron chi connectivity index (χ4n) is 16.2. The molecule has 0 radical (unpaired) electrons. The van der Waals surface area contributed by atoms with Gasteiger partial charge in [0, 0.05) is 82.7 Å². The zero-order chi connectivity index (χ0) is 81.5. The summed E-state index contributed by atoms with van der Waals surface area (Å²) in [6.45, 7) is 0. The Morgan fingerprint density at radius 3 is 0.837 bits per heavy atom. The van der Waals surface area contributed by atoms with Crippen LogP contribution in [0.3, 0.4) is 0 Å². The van der Waals surface area contributed by atoms with Crippen molar-refractivity contribution < 1.29 is 0 Å². The molecule has 0 bridgehead atoms. The molecule has 0 saturated heterocycles. The maximum absolute atomic E-state index is 5.13. The van der Waals surface area contributed by atoms with Gasteiger partial charge in [-0.3, -0.25) is 0 Å². The fraction of sp³-hybridized carbons (Fsp3) is 0. The van der Waals surface area contributed by atoms with Crippen molar-refractivity contribution in [1.82, 2.24) is 68.7 Å². The molecule has 123 heavy (non-hydrogen) atoms. The third-order valence-electron chi connectivity index (χ3n) is 22.5. The predicted octanol–water partition coefficient (Wildman–Crippen LogP) is 26.1. The van der Waals surface area contributed by atoms with Crippen LogP contribution in [0.2, 0.25) is 0 Å². The van der Waals surface area contributed by atoms with E-state index in [0.29, 0.717) is 40.8 Å². The first-order valence-electron chi connectivity index (χ1n) is 40.9. The monoisotopic (exact) mass is 1570 g/mol. The molecule has 0 saturated carbocycles. The van der Waals surface area contributed by atoms with E-state index in [9.17, 15) is 0 Å². The van der Waals surface area contributed by atoms with Crippen LogP contribution in [0.5, 0.6) is 0 Å². The Balaban J connectivity index is 0.000000110. The molecule has 576 valence electrons. The highest BCUT2D eigenvalue weighted by Crippen LogP contribution is 2.37. The van der Waals surface area contributed by atoms with Crippen LogP contribution >= 0.6 is 0 Å². The third-order valence-corrected chi connectivity index (χ3v) is 22.5. The topological polar surface area (TPSA) is 155 Å². The second-order valence-electron chi connectivity index (χ2n) is 30.3. The van der Waals surface area contributed by atoms with Crippen LogP contribution in [-0.2, 0) is 0 Å². The molecule has 24 aromatic rings. The molecule has 24 rings (SSSR count). The van der Waals surface area contributed by atoms with Crippen molar-refractivity contribution in [3.05, 3.63) is 425 Å². The quantitative estimate of drug-likeness (QED) is 0.115. The summed E-state index contributed by atoms with van der Waals surface area (Å²) < 4.78 is 6.03. The summed E-state index contributed by atoms with van der Waals surface area (Å²) in [6.07, 6.45) is 0. The van der Waals surface area contributed by atoms with Gasteiger partial charge in [-0.05, 0) is 124 Å². The molecule has 0 amide bonds. The van der Waals surface area contributed by atoms with E-state index in [-0.39, 0.29) is 0 Å². The minimum atomic E-state index is 0.618. The molecule has 0 aliphatic carbocycles. The van der Waals surface area contributed by atoms with Crippen LogP contribution < -0.4 is 0 Å². The van der Waals surface area contributed by atoms with Crippen molar-refractivity contribution in [1.29, 1.82) is 0 Å². The van der Waals surface area contributed by atoms with Crippen LogP contribution in [0.25, 0.3) is 218 Å². The first-order valence-corrected chi connectivity index (χ1v) is 40.9. The van der Waals surface area contributed by atoms with Crippen LogP contribution in [0, 0.1) is 0 Å². The molecule has 14 heteroatoms. The number of pyridine rings is 3. The molecule has 15 aromatic carbocycles. The lowest BCUT2D eigenvalue weighted by molar-refractivity contribution is 1.01. The molecule has 0 aliphatic rings. The average molecular weight is 1580 g/mol. The van der Waals surface area contributed by atoms with Gasteiger partial charge in [0.25, 0.3) is 0 Å². The summed E-state index contributed by atoms with van der Waals surface area (Å²) in [7, 11) is 0. The van der Waals surface area contributed by atoms with Crippen molar-refractivity contribution in [2.75, 3.05) is 0 Å². The minimum absolute atomic E-state index is 0.618. The summed E-state index contributed by atoms with van der Waals surface area (Å²) in [6, 6.07) is 146. The van der Waals surface area contributed by atoms with Gasteiger partial charge in [-0.1, -0.05) is 334 Å². The van der Waals surface area contributed by atoms with Crippen molar-refractivity contribution in [3.63, 3.8) is 0 Å². The van der Waals surface area contributed by atoms with Gasteiger partial charge in [-0.25, -0.2) is 53.4 Å². The fourth-order valence-corrected chi connectivity index (χ4v) is 16.2. The van der Waals surface area contributed by atoms with Crippen molar-refractivity contribution in [2.24, 2.45) is 0 Å². The van der Waals surface area contributed by atoms with E-state index in [2.05, 4.69) is 303 Å². The summed E-state index contributed by atoms with van der Waals surface area (Å²) in [5.74, 6) is 4.51. The predicted molar refractivity (Wildman–Crippen MR) is 498 cm³/mol. The highest BCUT2D eigenvalue weighted by atomic mass is 15.2. The second kappa shape index (κ2) is 31.5. The van der Waals surface area contributed by atoms with Crippen molar-refractivity contribution >= 4 is 81.7 Å². The molecule has 0 fully saturated rings. The summed E-state index contributed by atoms with van der Waals surface area (Å²) in [5.41, 5.74) is 24.0. The Labute approximate surface area is 706 Å². The van der Waals surface area contributed by atoms with E-state index < -0.39 is 0 Å². The molecule has 0 N–H and O–H groups in total. The molecule has 0 unspecified atom stereocenters. The van der Waals surface area contributed by atoms with E-state index in [0.717, 1.165) is 155 Å². The highest BCUT2D eigenvalue weighted by molar-refractivity contribution is 5.96. The van der Waals surface area contributed by atoms with Crippen LogP contribution in [0.15, 0.2) is 425 Å². The molecule has 0 spiro atoms. The lowest BCUT2D eigenvalue weighted by Crippen LogP contribution is -2.00. The van der Waals surface area contributed by atoms with Crippen molar-refractivity contribution in [2.45, 2.75) is 0 Å². The Morgan fingerprint density at radius 1 is 0.154 bits per heavy atom. The summed E-state index contributed by atoms with van der Waals surface area (Å²) >= 11 is 0. The highest BCUT2D eigenvalue weighted by Gasteiger charge is 2.20. The Kier molecular flexibility index (Phi) is 18.5. The first-order chi connectivity index (χ1) is 60.9. The summed E-state index contributed by atoms with van der Waals surface area (Å²) in [5, 5.41) is 24.1. The van der Waals surface area contributed by atoms with Gasteiger partial charge in [0.15, 0.2) is 40.8 Å². The van der Waals surface area contributed by atoms with E-state index in [1.54, 1.807) is 0 Å². The number of rotatable bonds is 12. The van der Waals surface area contributed by atoms with Gasteiger partial charge in [0.05, 0.1) is 61.4 Å². The van der Waals surface area contributed by atoms with E-state index in [1.807, 2.05) is 135 Å². The van der Waals surface area contributed by atoms with E-state index >= 15 is 0 Å². The van der Waals surface area contributed by atoms with Gasteiger partial charge in [-0.15, -0.1) is 0 Å². The smallest absolute Gasteiger partial charge is 0.164 e. The summed E-state index contributed by atoms with van der Waals surface area (Å²) in [4.78, 5) is 39.7. The normalized spacial score (nSPS) is 11.4. The zero-order valence-corrected chi connectivity index (χ0v) is 66.2. The zero-order valence-electron chi connectivity index (χ0n) is 66.2. The molecular weight excluding hydrogens is 1510 g/mol. The number of benzene rings is 15. The minimum Gasteiger partial charge on any atom is -0.232 e. The van der Waals surface area contributed by atoms with Crippen LogP contribution in [-0.4, -0.2) is 68.7 Å². The molecule has 9 heterocycles. The number of hydrogen-bond acceptors (Lipinski definition) is 11. The molecule has 0 atom stereocenters. The number of para-hydroxylation sites is 4. The number of hydrogen-bond donors (Lipinski definition) is 0. The van der Waals surface area contributed by atoms with Gasteiger partial charge >= 0.3 is 0 Å². The largest absolute Gasteiger partial charge is 0.232 e. The SMILES string of the molecule is c1cc(-c2cc3ccc4ccccc4n3n2)cc(-c2nc(-c3ccc4ccccc4c3)nc(-c3ccc4ccccc4c3)n2)c1.c1ccc(-c2ccc(-c3nc(-c4cccc(-c5cc6ccc7ccccc7n6n5)c4)nc4ccccc34)cc2)cc1.c1ccc(-c2nc(-c3ccccc3)nc(-c3cccc(-c4cc5ccc6ccccc6n5n4)c3)n2)cc1. The number of aromatic nitrogens is 14. The lowest BCUT2D eigenvalue weighted by atomic mass is 10.0. The van der Waals surface area contributed by atoms with Gasteiger partial charge < -0.3 is 0 Å². The van der Waals surface area contributed by atoms with Crippen LogP contribution in [0.1, 0.15) is 0 Å². The van der Waals surface area contributed by atoms with Gasteiger partial charge in [-0.2, -0.15) is 15.3 Å². The lowest BCUT2D eigenvalue weighted by Gasteiger charge is -2.11. The molecule has 0 aliphatic heterocycles. The van der Waals surface area contributed by atoms with Crippen LogP contribution in [0.4, 0.5) is 0 Å². The van der Waals surface area contributed by atoms with E-state index in [4.69, 9.17) is 55.2 Å². The van der Waals surface area contributed by atoms with E-state index in [1.165, 1.54) is 21.9 Å². The molecule has 14 nitrogen and oxygen atoms in total. The Hall–Kier alpha value is -17.0. The standard InChI is InChI=1S/C40H25N5.C37H24N4.C32H21N5/c1-3-11-29-22-33(18-16-26(29)8-1)39-41-38(42-40(43-39)34-19-17-27-9-2-4-12-30(27)23-34)32-14-7-13-31(24-32)36-25-35-21-20-28-10-5-6-15-37(28)45(35)44-36;1-2-9-25(10-3-1)26-17-19-28(20-18-26)36-32-14-5-6-15-33(32)38-37(39-36)30-13-8-12-29(23-30)34-24-31-22-21-27-11-4-7-16-35(27)41(31)40-34;1-3-11-23(12-4-1)30-33-31(24-13-5-2-6-14-24)35-32(34-30)26-16-9-15-25(20-26)28-21-27-19-18-22-10-7-8-17-29(22)37(27)36-28/h1-25H;1-24H;1-21H. The van der Waals surface area contributed by atoms with Crippen molar-refractivity contribution in [3.8, 4) is 136 Å². The maximum Gasteiger partial charge on any atom is 0.164 e. The maximum atomic E-state index is 5.13. The average Bonchev–Trinajstić information content (AvgIpc) is 1.46. The van der Waals surface area contributed by atoms with Gasteiger partial charge in [0.1, 0.15) is 0 Å². The third kappa shape index (κ3) is 14.4. The Bertz CT molecular complexity index is 7990.